The summed E-state index contributed by atoms with van der Waals surface area (Å²) in [6, 6.07) is 6.10. The van der Waals surface area contributed by atoms with Crippen molar-refractivity contribution in [3.63, 3.8) is 0 Å². The molecule has 0 spiro atoms. The van der Waals surface area contributed by atoms with Crippen LogP contribution in [0.2, 0.25) is 0 Å². The molecule has 1 aliphatic rings. The molecule has 2 unspecified atom stereocenters. The van der Waals surface area contributed by atoms with E-state index in [0.717, 1.165) is 38.0 Å². The van der Waals surface area contributed by atoms with Crippen LogP contribution in [-0.4, -0.2) is 35.4 Å². The molecule has 2 rings (SSSR count). The molecule has 2 atom stereocenters. The van der Waals surface area contributed by atoms with Crippen LogP contribution in [0.1, 0.15) is 51.3 Å². The molecule has 1 N–H and O–H groups in total. The molecule has 0 aliphatic carbocycles. The van der Waals surface area contributed by atoms with Gasteiger partial charge in [0.2, 0.25) is 5.91 Å². The van der Waals surface area contributed by atoms with E-state index in [1.165, 1.54) is 6.42 Å². The van der Waals surface area contributed by atoms with Crippen LogP contribution in [0, 0.1) is 5.92 Å². The van der Waals surface area contributed by atoms with E-state index in [1.807, 2.05) is 29.3 Å². The number of piperidine rings is 1. The van der Waals surface area contributed by atoms with Gasteiger partial charge < -0.3 is 10.2 Å². The number of nitrogens with one attached hydrogen (secondary N) is 1. The number of hydrogen-bond acceptors (Lipinski definition) is 3. The van der Waals surface area contributed by atoms with Gasteiger partial charge in [0.1, 0.15) is 0 Å². The van der Waals surface area contributed by atoms with E-state index in [9.17, 15) is 4.79 Å². The summed E-state index contributed by atoms with van der Waals surface area (Å²) in [6.07, 6.45) is 6.25. The van der Waals surface area contributed by atoms with Gasteiger partial charge in [-0.1, -0.05) is 26.3 Å². The standard InChI is InChI=1S/C17H27N3O/c1-3-14(2)12-18-13-17(21)20-11-7-5-9-16(20)15-8-4-6-10-19-15/h4,6,8,10,14,16,18H,3,5,7,9,11-13H2,1-2H3. The lowest BCUT2D eigenvalue weighted by Gasteiger charge is -2.35. The quantitative estimate of drug-likeness (QED) is 0.876. The zero-order chi connectivity index (χ0) is 15.1. The Morgan fingerprint density at radius 3 is 3.05 bits per heavy atom. The molecule has 0 saturated carbocycles. The number of carbonyl (C=O) groups excluding carboxylic acids is 1. The van der Waals surface area contributed by atoms with E-state index in [0.29, 0.717) is 12.5 Å². The molecule has 116 valence electrons. The Bertz CT molecular complexity index is 435. The maximum absolute atomic E-state index is 12.5. The van der Waals surface area contributed by atoms with Gasteiger partial charge in [-0.3, -0.25) is 9.78 Å². The van der Waals surface area contributed by atoms with Crippen molar-refractivity contribution in [2.24, 2.45) is 5.92 Å². The Morgan fingerprint density at radius 2 is 2.33 bits per heavy atom. The van der Waals surface area contributed by atoms with E-state index in [2.05, 4.69) is 24.1 Å². The average Bonchev–Trinajstić information content (AvgIpc) is 2.55. The molecule has 4 heteroatoms. The first-order chi connectivity index (χ1) is 10.2. The van der Waals surface area contributed by atoms with Crippen LogP contribution in [0.5, 0.6) is 0 Å². The lowest BCUT2D eigenvalue weighted by atomic mass is 9.98. The summed E-state index contributed by atoms with van der Waals surface area (Å²) < 4.78 is 0. The van der Waals surface area contributed by atoms with Crippen LogP contribution in [0.15, 0.2) is 24.4 Å². The number of likely N-dealkylation sites (tertiary alicyclic amines) is 1. The molecular formula is C17H27N3O. The second-order valence-electron chi connectivity index (χ2n) is 6.00. The molecule has 1 amide bonds. The second-order valence-corrected chi connectivity index (χ2v) is 6.00. The van der Waals surface area contributed by atoms with Crippen LogP contribution >= 0.6 is 0 Å². The van der Waals surface area contributed by atoms with Gasteiger partial charge in [-0.05, 0) is 43.9 Å². The van der Waals surface area contributed by atoms with Crippen molar-refractivity contribution in [2.45, 2.75) is 45.6 Å². The van der Waals surface area contributed by atoms with E-state index >= 15 is 0 Å². The molecule has 4 nitrogen and oxygen atoms in total. The van der Waals surface area contributed by atoms with E-state index in [-0.39, 0.29) is 11.9 Å². The third-order valence-corrected chi connectivity index (χ3v) is 4.32. The van der Waals surface area contributed by atoms with Crippen molar-refractivity contribution in [3.8, 4) is 0 Å². The molecule has 0 bridgehead atoms. The molecular weight excluding hydrogens is 262 g/mol. The van der Waals surface area contributed by atoms with Crippen molar-refractivity contribution in [3.05, 3.63) is 30.1 Å². The van der Waals surface area contributed by atoms with Gasteiger partial charge in [-0.2, -0.15) is 0 Å². The van der Waals surface area contributed by atoms with E-state index in [4.69, 9.17) is 0 Å². The van der Waals surface area contributed by atoms with Gasteiger partial charge in [0, 0.05) is 12.7 Å². The molecule has 0 aromatic carbocycles. The van der Waals surface area contributed by atoms with Gasteiger partial charge in [-0.15, -0.1) is 0 Å². The van der Waals surface area contributed by atoms with E-state index < -0.39 is 0 Å². The summed E-state index contributed by atoms with van der Waals surface area (Å²) in [7, 11) is 0. The normalized spacial score (nSPS) is 20.3. The molecule has 1 aliphatic heterocycles. The highest BCUT2D eigenvalue weighted by Crippen LogP contribution is 2.29. The number of carbonyl (C=O) groups is 1. The zero-order valence-electron chi connectivity index (χ0n) is 13.2. The number of aromatic nitrogens is 1. The fourth-order valence-electron chi connectivity index (χ4n) is 2.78. The first-order valence-electron chi connectivity index (χ1n) is 8.13. The van der Waals surface area contributed by atoms with Gasteiger partial charge in [0.15, 0.2) is 0 Å². The maximum atomic E-state index is 12.5. The Morgan fingerprint density at radius 1 is 1.48 bits per heavy atom. The summed E-state index contributed by atoms with van der Waals surface area (Å²) in [6.45, 7) is 6.58. The summed E-state index contributed by atoms with van der Waals surface area (Å²) in [5.74, 6) is 0.819. The van der Waals surface area contributed by atoms with Crippen molar-refractivity contribution >= 4 is 5.91 Å². The Balaban J connectivity index is 1.93. The molecule has 1 saturated heterocycles. The lowest BCUT2D eigenvalue weighted by Crippen LogP contribution is -2.43. The molecule has 21 heavy (non-hydrogen) atoms. The maximum Gasteiger partial charge on any atom is 0.237 e. The van der Waals surface area contributed by atoms with Gasteiger partial charge in [0.25, 0.3) is 0 Å². The highest BCUT2D eigenvalue weighted by atomic mass is 16.2. The Kier molecular flexibility index (Phi) is 6.18. The third kappa shape index (κ3) is 4.53. The van der Waals surface area contributed by atoms with Gasteiger partial charge >= 0.3 is 0 Å². The Labute approximate surface area is 127 Å². The van der Waals surface area contributed by atoms with Crippen molar-refractivity contribution in [1.82, 2.24) is 15.2 Å². The minimum Gasteiger partial charge on any atom is -0.333 e. The minimum atomic E-state index is 0.151. The zero-order valence-corrected chi connectivity index (χ0v) is 13.2. The molecule has 1 aromatic heterocycles. The van der Waals surface area contributed by atoms with Crippen molar-refractivity contribution in [2.75, 3.05) is 19.6 Å². The van der Waals surface area contributed by atoms with Crippen LogP contribution in [0.3, 0.4) is 0 Å². The fraction of sp³-hybridized carbons (Fsp3) is 0.647. The topological polar surface area (TPSA) is 45.2 Å². The summed E-state index contributed by atoms with van der Waals surface area (Å²) >= 11 is 0. The molecule has 0 radical (unpaired) electrons. The summed E-state index contributed by atoms with van der Waals surface area (Å²) in [4.78, 5) is 18.9. The van der Waals surface area contributed by atoms with Crippen LogP contribution in [0.4, 0.5) is 0 Å². The number of pyridine rings is 1. The minimum absolute atomic E-state index is 0.151. The van der Waals surface area contributed by atoms with Crippen molar-refractivity contribution in [1.29, 1.82) is 0 Å². The Hall–Kier alpha value is -1.42. The number of amides is 1. The molecule has 2 heterocycles. The largest absolute Gasteiger partial charge is 0.333 e. The molecule has 1 aromatic rings. The first kappa shape index (κ1) is 16.0. The smallest absolute Gasteiger partial charge is 0.237 e. The third-order valence-electron chi connectivity index (χ3n) is 4.32. The second kappa shape index (κ2) is 8.13. The van der Waals surface area contributed by atoms with Crippen LogP contribution in [0.25, 0.3) is 0 Å². The summed E-state index contributed by atoms with van der Waals surface area (Å²) in [5.41, 5.74) is 1.02. The van der Waals surface area contributed by atoms with Crippen LogP contribution < -0.4 is 5.32 Å². The number of nitrogens with zero attached hydrogens (tertiary/aromatic N) is 2. The first-order valence-corrected chi connectivity index (χ1v) is 8.13. The lowest BCUT2D eigenvalue weighted by molar-refractivity contribution is -0.134. The van der Waals surface area contributed by atoms with E-state index in [1.54, 1.807) is 0 Å². The van der Waals surface area contributed by atoms with Crippen LogP contribution in [-0.2, 0) is 4.79 Å². The highest BCUT2D eigenvalue weighted by Gasteiger charge is 2.28. The SMILES string of the molecule is CCC(C)CNCC(=O)N1CCCCC1c1ccccn1. The monoisotopic (exact) mass is 289 g/mol. The molecule has 1 fully saturated rings. The van der Waals surface area contributed by atoms with Crippen molar-refractivity contribution < 1.29 is 4.79 Å². The predicted molar refractivity (Wildman–Crippen MR) is 84.9 cm³/mol. The summed E-state index contributed by atoms with van der Waals surface area (Å²) in [5, 5.41) is 3.29. The van der Waals surface area contributed by atoms with Gasteiger partial charge in [-0.25, -0.2) is 0 Å². The highest BCUT2D eigenvalue weighted by molar-refractivity contribution is 5.78. The average molecular weight is 289 g/mol. The number of hydrogen-bond donors (Lipinski definition) is 1. The van der Waals surface area contributed by atoms with Gasteiger partial charge in [0.05, 0.1) is 18.3 Å². The predicted octanol–water partition coefficient (Wildman–Crippen LogP) is 2.77. The fourth-order valence-corrected chi connectivity index (χ4v) is 2.78. The number of rotatable bonds is 6.